The molecule has 0 aromatic rings. The summed E-state index contributed by atoms with van der Waals surface area (Å²) in [4.78, 5) is 24.2. The second kappa shape index (κ2) is 35.9. The smallest absolute Gasteiger partial charge is 0.227 e. The van der Waals surface area contributed by atoms with Gasteiger partial charge in [0.05, 0.1) is 30.6 Å². The second-order valence-electron chi connectivity index (χ2n) is 16.4. The third-order valence-corrected chi connectivity index (χ3v) is 12.2. The van der Waals surface area contributed by atoms with Crippen LogP contribution < -0.4 is 11.1 Å². The van der Waals surface area contributed by atoms with Crippen molar-refractivity contribution in [2.24, 2.45) is 5.73 Å². The van der Waals surface area contributed by atoms with E-state index in [2.05, 4.69) is 19.2 Å². The number of nitrogens with one attached hydrogen (secondary N) is 1. The molecule has 56 heavy (non-hydrogen) atoms. The van der Waals surface area contributed by atoms with E-state index in [0.717, 1.165) is 56.7 Å². The van der Waals surface area contributed by atoms with Crippen LogP contribution in [0.25, 0.3) is 0 Å². The fraction of sp³-hybridized carbons (Fsp3) is 0.955. The van der Waals surface area contributed by atoms with Crippen LogP contribution in [0.15, 0.2) is 0 Å². The molecule has 0 spiro atoms. The Kier molecular flexibility index (Phi) is 34.0. The Morgan fingerprint density at radius 1 is 0.643 bits per heavy atom. The van der Waals surface area contributed by atoms with Crippen molar-refractivity contribution in [1.29, 1.82) is 0 Å². The average Bonchev–Trinajstić information content (AvgIpc) is 3.18. The maximum absolute atomic E-state index is 13.1. The van der Waals surface area contributed by atoms with E-state index in [0.29, 0.717) is 12.8 Å². The number of thioether (sulfide) groups is 1. The van der Waals surface area contributed by atoms with Gasteiger partial charge in [-0.05, 0) is 12.8 Å². The molecule has 1 rings (SSSR count). The van der Waals surface area contributed by atoms with Gasteiger partial charge in [-0.15, -0.1) is 11.8 Å². The monoisotopic (exact) mass is 819 g/mol. The van der Waals surface area contributed by atoms with Gasteiger partial charge in [0.25, 0.3) is 0 Å². The molecule has 0 saturated carbocycles. The van der Waals surface area contributed by atoms with Crippen molar-refractivity contribution in [3.8, 4) is 0 Å². The molecule has 2 unspecified atom stereocenters. The molecule has 0 bridgehead atoms. The molecular formula is C44H86N2O9S. The van der Waals surface area contributed by atoms with E-state index in [1.165, 1.54) is 122 Å². The molecule has 1 aliphatic rings. The molecule has 2 amide bonds. The summed E-state index contributed by atoms with van der Waals surface area (Å²) in [6.07, 6.45) is 24.1. The molecule has 1 aliphatic heterocycles. The topological polar surface area (TPSA) is 192 Å². The fourth-order valence-corrected chi connectivity index (χ4v) is 8.29. The molecule has 0 aromatic heterocycles. The van der Waals surface area contributed by atoms with Crippen molar-refractivity contribution in [1.82, 2.24) is 5.32 Å². The van der Waals surface area contributed by atoms with Crippen LogP contribution in [0.5, 0.6) is 0 Å². The van der Waals surface area contributed by atoms with Crippen molar-refractivity contribution in [3.05, 3.63) is 0 Å². The first-order valence-corrected chi connectivity index (χ1v) is 24.1. The number of ether oxygens (including phenoxy) is 2. The van der Waals surface area contributed by atoms with Crippen molar-refractivity contribution in [3.63, 3.8) is 0 Å². The average molecular weight is 819 g/mol. The maximum atomic E-state index is 13.1. The zero-order valence-corrected chi connectivity index (χ0v) is 36.4. The van der Waals surface area contributed by atoms with Crippen LogP contribution in [-0.4, -0.2) is 104 Å². The van der Waals surface area contributed by atoms with Gasteiger partial charge in [0.1, 0.15) is 24.4 Å². The molecule has 8 atom stereocenters. The first-order valence-electron chi connectivity index (χ1n) is 22.9. The summed E-state index contributed by atoms with van der Waals surface area (Å²) in [5.41, 5.74) is 5.21. The van der Waals surface area contributed by atoms with E-state index in [-0.39, 0.29) is 30.4 Å². The van der Waals surface area contributed by atoms with E-state index in [1.54, 1.807) is 0 Å². The number of unbranched alkanes of at least 4 members (excludes halogenated alkanes) is 25. The third-order valence-electron chi connectivity index (χ3n) is 11.1. The minimum Gasteiger partial charge on any atom is -0.390 e. The Labute approximate surface area is 345 Å². The van der Waals surface area contributed by atoms with Gasteiger partial charge >= 0.3 is 0 Å². The van der Waals surface area contributed by atoms with Crippen molar-refractivity contribution in [2.75, 3.05) is 18.1 Å². The molecule has 1 heterocycles. The highest BCUT2D eigenvalue weighted by Crippen LogP contribution is 2.25. The summed E-state index contributed by atoms with van der Waals surface area (Å²) in [5.74, 6) is -0.681. The van der Waals surface area contributed by atoms with Gasteiger partial charge in [-0.2, -0.15) is 0 Å². The van der Waals surface area contributed by atoms with Crippen LogP contribution in [0.1, 0.15) is 200 Å². The van der Waals surface area contributed by atoms with E-state index in [4.69, 9.17) is 15.2 Å². The van der Waals surface area contributed by atoms with Crippen LogP contribution in [0.2, 0.25) is 0 Å². The highest BCUT2D eigenvalue weighted by molar-refractivity contribution is 7.99. The molecule has 8 N–H and O–H groups in total. The summed E-state index contributed by atoms with van der Waals surface area (Å²) in [7, 11) is 0. The number of nitrogens with two attached hydrogens (primary N) is 1. The standard InChI is InChI=1S/C44H86N2O9S/c1-3-5-7-9-11-13-15-17-18-19-21-23-25-27-29-31-39(49)46-35(32-54-44-43(53)42(52)41(51)37(55-44)33-56-34-38(45)48)40(50)36(47)30-28-26-24-22-20-16-14-12-10-8-6-4-2/h35-37,40-44,47,50-53H,3-34H2,1-2H3,(H2,45,48)(H,46,49)/t35-,36+,37?,40-,41-,42?,43-,44-/m0/s1. The van der Waals surface area contributed by atoms with Gasteiger partial charge in [-0.3, -0.25) is 9.59 Å². The Balaban J connectivity index is 2.54. The Bertz CT molecular complexity index is 935. The minimum atomic E-state index is -1.60. The van der Waals surface area contributed by atoms with Crippen molar-refractivity contribution in [2.45, 2.75) is 249 Å². The lowest BCUT2D eigenvalue weighted by atomic mass is 9.98. The normalized spacial score (nSPS) is 21.5. The van der Waals surface area contributed by atoms with Gasteiger partial charge < -0.3 is 46.1 Å². The lowest BCUT2D eigenvalue weighted by Gasteiger charge is -2.41. The first-order chi connectivity index (χ1) is 27.1. The molecule has 1 fully saturated rings. The summed E-state index contributed by atoms with van der Waals surface area (Å²) in [5, 5.41) is 56.6. The highest BCUT2D eigenvalue weighted by atomic mass is 32.2. The van der Waals surface area contributed by atoms with E-state index < -0.39 is 54.9 Å². The van der Waals surface area contributed by atoms with Crippen LogP contribution >= 0.6 is 11.8 Å². The maximum Gasteiger partial charge on any atom is 0.227 e. The lowest BCUT2D eigenvalue weighted by molar-refractivity contribution is -0.294. The number of carbonyl (C=O) groups is 2. The number of primary amides is 1. The minimum absolute atomic E-state index is 0.00646. The predicted octanol–water partition coefficient (Wildman–Crippen LogP) is 7.59. The van der Waals surface area contributed by atoms with Crippen LogP contribution in [0, 0.1) is 0 Å². The molecular weight excluding hydrogens is 733 g/mol. The Morgan fingerprint density at radius 2 is 1.07 bits per heavy atom. The highest BCUT2D eigenvalue weighted by Gasteiger charge is 2.44. The molecule has 0 radical (unpaired) electrons. The van der Waals surface area contributed by atoms with Crippen LogP contribution in [0.3, 0.4) is 0 Å². The van der Waals surface area contributed by atoms with E-state index in [1.807, 2.05) is 0 Å². The molecule has 11 nitrogen and oxygen atoms in total. The SMILES string of the molecule is CCCCCCCCCCCCCCCCCC(=O)N[C@@H](CO[C@H]1OC(CSCC(N)=O)[C@H](O)C(O)[C@@H]1O)[C@H](O)[C@H](O)CCCCCCCCCCCCCC. The first kappa shape index (κ1) is 53.0. The Morgan fingerprint density at radius 3 is 1.52 bits per heavy atom. The number of hydrogen-bond acceptors (Lipinski definition) is 10. The molecule has 0 aromatic carbocycles. The summed E-state index contributed by atoms with van der Waals surface area (Å²) < 4.78 is 11.6. The Hall–Kier alpha value is -0.990. The number of hydrogen-bond donors (Lipinski definition) is 7. The van der Waals surface area contributed by atoms with Gasteiger partial charge in [-0.25, -0.2) is 0 Å². The van der Waals surface area contributed by atoms with Crippen molar-refractivity contribution < 1.29 is 44.6 Å². The summed E-state index contributed by atoms with van der Waals surface area (Å²) >= 11 is 1.12. The zero-order chi connectivity index (χ0) is 41.2. The third kappa shape index (κ3) is 26.9. The largest absolute Gasteiger partial charge is 0.390 e. The number of carbonyl (C=O) groups excluding carboxylic acids is 2. The predicted molar refractivity (Wildman–Crippen MR) is 228 cm³/mol. The van der Waals surface area contributed by atoms with Gasteiger partial charge in [0.15, 0.2) is 6.29 Å². The molecule has 332 valence electrons. The zero-order valence-electron chi connectivity index (χ0n) is 35.6. The fourth-order valence-electron chi connectivity index (χ4n) is 7.46. The number of rotatable bonds is 39. The van der Waals surface area contributed by atoms with Gasteiger partial charge in [-0.1, -0.05) is 181 Å². The van der Waals surface area contributed by atoms with E-state index >= 15 is 0 Å². The number of aliphatic hydroxyl groups excluding tert-OH is 5. The second-order valence-corrected chi connectivity index (χ2v) is 17.5. The molecule has 0 aliphatic carbocycles. The summed E-state index contributed by atoms with van der Waals surface area (Å²) in [6, 6.07) is -0.992. The van der Waals surface area contributed by atoms with Gasteiger partial charge in [0.2, 0.25) is 11.8 Å². The van der Waals surface area contributed by atoms with Crippen molar-refractivity contribution >= 4 is 23.6 Å². The number of amides is 2. The van der Waals surface area contributed by atoms with Crippen LogP contribution in [-0.2, 0) is 19.1 Å². The molecule has 12 heteroatoms. The summed E-state index contributed by atoms with van der Waals surface area (Å²) in [6.45, 7) is 4.19. The van der Waals surface area contributed by atoms with Gasteiger partial charge in [0, 0.05) is 12.2 Å². The van der Waals surface area contributed by atoms with Crippen LogP contribution in [0.4, 0.5) is 0 Å². The molecule has 1 saturated heterocycles. The lowest BCUT2D eigenvalue weighted by Crippen LogP contribution is -2.60. The van der Waals surface area contributed by atoms with E-state index in [9.17, 15) is 35.1 Å². The number of aliphatic hydroxyl groups is 5. The quantitative estimate of drug-likeness (QED) is 0.0304.